The number of amides is 1. The van der Waals surface area contributed by atoms with Gasteiger partial charge in [0.05, 0.1) is 6.54 Å². The Bertz CT molecular complexity index is 490. The molecule has 7 heteroatoms. The maximum Gasteiger partial charge on any atom is 0.256 e. The van der Waals surface area contributed by atoms with Crippen molar-refractivity contribution in [1.29, 1.82) is 0 Å². The number of aliphatic imine (C=N–C) groups is 1. The lowest BCUT2D eigenvalue weighted by molar-refractivity contribution is -0.127. The maximum absolute atomic E-state index is 13.1. The highest BCUT2D eigenvalue weighted by Gasteiger charge is 2.21. The normalized spacial score (nSPS) is 19.4. The molecule has 1 atom stereocenters. The van der Waals surface area contributed by atoms with Crippen molar-refractivity contribution in [1.82, 2.24) is 5.32 Å². The Kier molecular flexibility index (Phi) is 4.21. The third-order valence-corrected chi connectivity index (χ3v) is 3.44. The molecule has 0 saturated carbocycles. The summed E-state index contributed by atoms with van der Waals surface area (Å²) in [6, 6.07) is 4.25. The number of carbonyl (C=O) groups excluding carboxylic acids is 1. The zero-order valence-electron chi connectivity index (χ0n) is 9.19. The van der Waals surface area contributed by atoms with E-state index in [9.17, 15) is 9.18 Å². The fourth-order valence-corrected chi connectivity index (χ4v) is 2.46. The number of hydrogen-bond acceptors (Lipinski definition) is 4. The molecule has 0 saturated heterocycles. The van der Waals surface area contributed by atoms with Crippen LogP contribution in [0.4, 0.5) is 4.39 Å². The number of amidine groups is 1. The Hall–Kier alpha value is -1.11. The number of aliphatic hydroxyl groups is 1. The Morgan fingerprint density at radius 2 is 2.33 bits per heavy atom. The second-order valence-corrected chi connectivity index (χ2v) is 5.12. The maximum atomic E-state index is 13.1. The molecule has 1 aliphatic rings. The number of nitrogens with one attached hydrogen (secondary N) is 1. The number of halogens is 2. The van der Waals surface area contributed by atoms with Gasteiger partial charge in [-0.05, 0) is 23.8 Å². The summed E-state index contributed by atoms with van der Waals surface area (Å²) in [5.74, 6) is -0.430. The van der Waals surface area contributed by atoms with Gasteiger partial charge in [-0.1, -0.05) is 23.4 Å². The van der Waals surface area contributed by atoms with Crippen molar-refractivity contribution >= 4 is 34.4 Å². The van der Waals surface area contributed by atoms with Crippen molar-refractivity contribution in [2.45, 2.75) is 11.9 Å². The Morgan fingerprint density at radius 1 is 1.56 bits per heavy atom. The van der Waals surface area contributed by atoms with E-state index in [1.54, 1.807) is 6.07 Å². The highest BCUT2D eigenvalue weighted by atomic mass is 35.5. The fraction of sp³-hybridized carbons (Fsp3) is 0.273. The Morgan fingerprint density at radius 3 is 3.00 bits per heavy atom. The molecule has 1 heterocycles. The number of hydrogen-bond donors (Lipinski definition) is 2. The molecule has 0 spiro atoms. The van der Waals surface area contributed by atoms with Gasteiger partial charge in [0.1, 0.15) is 5.82 Å². The van der Waals surface area contributed by atoms with Gasteiger partial charge in [0.15, 0.2) is 11.3 Å². The minimum atomic E-state index is -1.09. The van der Waals surface area contributed by atoms with E-state index < -0.39 is 17.8 Å². The highest BCUT2D eigenvalue weighted by molar-refractivity contribution is 8.13. The Balaban J connectivity index is 1.97. The lowest BCUT2D eigenvalue weighted by Crippen LogP contribution is -2.43. The standard InChI is InChI=1S/C11H10ClFN2O2S/c12-7-1-6(2-8(13)3-7)5-18-11-14-4-9(16)10(17)15-11/h1-3,9,16H,4-5H2,(H,14,15,17). The molecule has 96 valence electrons. The van der Waals surface area contributed by atoms with Crippen LogP contribution in [0.1, 0.15) is 5.56 Å². The van der Waals surface area contributed by atoms with E-state index in [4.69, 9.17) is 16.7 Å². The molecule has 2 N–H and O–H groups in total. The fourth-order valence-electron chi connectivity index (χ4n) is 1.41. The first-order valence-electron chi connectivity index (χ1n) is 5.16. The molecule has 1 unspecified atom stereocenters. The van der Waals surface area contributed by atoms with Crippen LogP contribution in [-0.4, -0.2) is 28.8 Å². The molecule has 1 aromatic carbocycles. The van der Waals surface area contributed by atoms with Gasteiger partial charge in [-0.25, -0.2) is 4.39 Å². The van der Waals surface area contributed by atoms with Gasteiger partial charge in [-0.15, -0.1) is 0 Å². The van der Waals surface area contributed by atoms with Crippen LogP contribution in [-0.2, 0) is 10.5 Å². The summed E-state index contributed by atoms with van der Waals surface area (Å²) in [6.07, 6.45) is -1.09. The summed E-state index contributed by atoms with van der Waals surface area (Å²) in [6.45, 7) is 0.0536. The van der Waals surface area contributed by atoms with Gasteiger partial charge in [-0.2, -0.15) is 0 Å². The van der Waals surface area contributed by atoms with Crippen LogP contribution < -0.4 is 5.32 Å². The minimum absolute atomic E-state index is 0.0536. The van der Waals surface area contributed by atoms with Crippen molar-refractivity contribution < 1.29 is 14.3 Å². The van der Waals surface area contributed by atoms with Gasteiger partial charge in [0.2, 0.25) is 0 Å². The van der Waals surface area contributed by atoms with Crippen molar-refractivity contribution in [3.05, 3.63) is 34.6 Å². The van der Waals surface area contributed by atoms with Gasteiger partial charge >= 0.3 is 0 Å². The number of carbonyl (C=O) groups is 1. The summed E-state index contributed by atoms with van der Waals surface area (Å²) in [4.78, 5) is 15.2. The van der Waals surface area contributed by atoms with E-state index in [2.05, 4.69) is 10.3 Å². The summed E-state index contributed by atoms with van der Waals surface area (Å²) in [5.41, 5.74) is 0.702. The summed E-state index contributed by atoms with van der Waals surface area (Å²) < 4.78 is 13.1. The largest absolute Gasteiger partial charge is 0.381 e. The summed E-state index contributed by atoms with van der Waals surface area (Å²) in [5, 5.41) is 12.4. The van der Waals surface area contributed by atoms with Crippen molar-refractivity contribution in [3.63, 3.8) is 0 Å². The van der Waals surface area contributed by atoms with Crippen LogP contribution in [0.3, 0.4) is 0 Å². The number of benzene rings is 1. The lowest BCUT2D eigenvalue weighted by Gasteiger charge is -2.16. The van der Waals surface area contributed by atoms with E-state index in [0.717, 1.165) is 0 Å². The van der Waals surface area contributed by atoms with Crippen LogP contribution in [0.25, 0.3) is 0 Å². The lowest BCUT2D eigenvalue weighted by atomic mass is 10.2. The first kappa shape index (κ1) is 13.3. The SMILES string of the molecule is O=C1NC(SCc2cc(F)cc(Cl)c2)=NCC1O. The topological polar surface area (TPSA) is 61.7 Å². The molecule has 1 aromatic rings. The predicted octanol–water partition coefficient (Wildman–Crippen LogP) is 1.56. The van der Waals surface area contributed by atoms with Gasteiger partial charge in [-0.3, -0.25) is 9.79 Å². The van der Waals surface area contributed by atoms with E-state index in [1.807, 2.05) is 0 Å². The number of rotatable bonds is 2. The highest BCUT2D eigenvalue weighted by Crippen LogP contribution is 2.19. The quantitative estimate of drug-likeness (QED) is 0.868. The van der Waals surface area contributed by atoms with Crippen molar-refractivity contribution in [2.75, 3.05) is 6.54 Å². The zero-order valence-corrected chi connectivity index (χ0v) is 10.8. The molecule has 18 heavy (non-hydrogen) atoms. The predicted molar refractivity (Wildman–Crippen MR) is 69.2 cm³/mol. The van der Waals surface area contributed by atoms with Crippen LogP contribution in [0.5, 0.6) is 0 Å². The molecule has 0 aliphatic carbocycles. The number of nitrogens with zero attached hydrogens (tertiary/aromatic N) is 1. The molecule has 2 rings (SSSR count). The molecule has 0 bridgehead atoms. The second-order valence-electron chi connectivity index (χ2n) is 3.72. The molecule has 0 radical (unpaired) electrons. The molecule has 0 aromatic heterocycles. The van der Waals surface area contributed by atoms with E-state index in [1.165, 1.54) is 23.9 Å². The third-order valence-electron chi connectivity index (χ3n) is 2.24. The molecule has 1 aliphatic heterocycles. The molecule has 0 fully saturated rings. The van der Waals surface area contributed by atoms with E-state index in [-0.39, 0.29) is 6.54 Å². The van der Waals surface area contributed by atoms with E-state index in [0.29, 0.717) is 21.5 Å². The first-order valence-corrected chi connectivity index (χ1v) is 6.52. The Labute approximate surface area is 112 Å². The van der Waals surface area contributed by atoms with Crippen molar-refractivity contribution in [3.8, 4) is 0 Å². The summed E-state index contributed by atoms with van der Waals surface area (Å²) in [7, 11) is 0. The average molecular weight is 289 g/mol. The van der Waals surface area contributed by atoms with E-state index >= 15 is 0 Å². The first-order chi connectivity index (χ1) is 8.54. The van der Waals surface area contributed by atoms with Crippen LogP contribution in [0.15, 0.2) is 23.2 Å². The van der Waals surface area contributed by atoms with Crippen LogP contribution in [0.2, 0.25) is 5.02 Å². The summed E-state index contributed by atoms with van der Waals surface area (Å²) >= 11 is 6.99. The third kappa shape index (κ3) is 3.44. The second kappa shape index (κ2) is 5.69. The van der Waals surface area contributed by atoms with Crippen LogP contribution >= 0.6 is 23.4 Å². The monoisotopic (exact) mass is 288 g/mol. The molecular formula is C11H10ClFN2O2S. The van der Waals surface area contributed by atoms with Crippen LogP contribution in [0, 0.1) is 5.82 Å². The molecule has 4 nitrogen and oxygen atoms in total. The molecule has 1 amide bonds. The van der Waals surface area contributed by atoms with Crippen molar-refractivity contribution in [2.24, 2.45) is 4.99 Å². The van der Waals surface area contributed by atoms with Gasteiger partial charge in [0.25, 0.3) is 5.91 Å². The molecular weight excluding hydrogens is 279 g/mol. The van der Waals surface area contributed by atoms with Gasteiger partial charge < -0.3 is 10.4 Å². The van der Waals surface area contributed by atoms with Gasteiger partial charge in [0, 0.05) is 10.8 Å². The zero-order chi connectivity index (χ0) is 13.1. The minimum Gasteiger partial charge on any atom is -0.381 e. The number of thioether (sulfide) groups is 1. The smallest absolute Gasteiger partial charge is 0.256 e. The number of aliphatic hydroxyl groups excluding tert-OH is 1. The average Bonchev–Trinajstić information content (AvgIpc) is 2.29.